The number of nitrogens with zero attached hydrogens (tertiary/aromatic N) is 6. The molecule has 14 heteroatoms. The molecule has 3 aromatic heterocycles. The SMILES string of the molecule is C=CC(=O)N1CCN(c2c(C#N)c(=O)n(-c3c(C)ccnc3C(C)C)c3nc(-c4c(O)c(F)c(F)c(F)c4F)c(Cl)cc23)CC1. The number of hydrogen-bond donors (Lipinski definition) is 1. The summed E-state index contributed by atoms with van der Waals surface area (Å²) < 4.78 is 59.0. The fourth-order valence-electron chi connectivity index (χ4n) is 5.48. The Hall–Kier alpha value is -4.96. The number of aromatic hydroxyl groups is 1. The van der Waals surface area contributed by atoms with Gasteiger partial charge in [0, 0.05) is 37.8 Å². The highest BCUT2D eigenvalue weighted by Crippen LogP contribution is 2.42. The lowest BCUT2D eigenvalue weighted by molar-refractivity contribution is -0.126. The summed E-state index contributed by atoms with van der Waals surface area (Å²) in [7, 11) is 0. The van der Waals surface area contributed by atoms with Gasteiger partial charge in [0.1, 0.15) is 17.3 Å². The maximum absolute atomic E-state index is 15.1. The van der Waals surface area contributed by atoms with Gasteiger partial charge in [-0.3, -0.25) is 19.1 Å². The quantitative estimate of drug-likeness (QED) is 0.133. The summed E-state index contributed by atoms with van der Waals surface area (Å²) >= 11 is 6.52. The van der Waals surface area contributed by atoms with Gasteiger partial charge >= 0.3 is 0 Å². The van der Waals surface area contributed by atoms with Gasteiger partial charge in [0.25, 0.3) is 5.56 Å². The fraction of sp³-hybridized carbons (Fsp3) is 0.258. The number of phenolic OH excluding ortho intramolecular Hbond substituents is 1. The minimum absolute atomic E-state index is 0.120. The van der Waals surface area contributed by atoms with E-state index < -0.39 is 50.9 Å². The third kappa shape index (κ3) is 5.04. The molecule has 1 aliphatic heterocycles. The average molecular weight is 641 g/mol. The molecular formula is C31H25ClF4N6O3. The standard InChI is InChI=1S/C31H25ClF4N6O3/c1-5-19(43)40-8-10-41(11-9-40)28-16-12-18(32)26(20-21(33)22(34)23(35)24(36)29(20)44)39-30(16)42(31(45)17(28)13-37)27-15(4)6-7-38-25(27)14(2)3/h5-7,12,14,44H,1,8-11H2,2-4H3. The van der Waals surface area contributed by atoms with Crippen molar-refractivity contribution in [1.29, 1.82) is 5.26 Å². The zero-order chi connectivity index (χ0) is 32.9. The Morgan fingerprint density at radius 3 is 2.36 bits per heavy atom. The molecule has 45 heavy (non-hydrogen) atoms. The monoisotopic (exact) mass is 640 g/mol. The highest BCUT2D eigenvalue weighted by molar-refractivity contribution is 6.34. The molecule has 232 valence electrons. The van der Waals surface area contributed by atoms with Crippen molar-refractivity contribution in [2.75, 3.05) is 31.1 Å². The zero-order valence-electron chi connectivity index (χ0n) is 24.3. The topological polar surface area (TPSA) is 115 Å². The van der Waals surface area contributed by atoms with Gasteiger partial charge in [-0.2, -0.15) is 9.65 Å². The van der Waals surface area contributed by atoms with Gasteiger partial charge in [-0.25, -0.2) is 18.2 Å². The lowest BCUT2D eigenvalue weighted by Crippen LogP contribution is -2.49. The van der Waals surface area contributed by atoms with E-state index in [2.05, 4.69) is 16.5 Å². The third-order valence-corrected chi connectivity index (χ3v) is 7.96. The number of amides is 1. The van der Waals surface area contributed by atoms with Crippen molar-refractivity contribution >= 4 is 34.2 Å². The molecule has 1 saturated heterocycles. The molecule has 1 fully saturated rings. The predicted molar refractivity (Wildman–Crippen MR) is 160 cm³/mol. The molecule has 1 aromatic carbocycles. The van der Waals surface area contributed by atoms with Gasteiger partial charge in [0.2, 0.25) is 17.5 Å². The number of phenols is 1. The molecule has 0 aliphatic carbocycles. The van der Waals surface area contributed by atoms with Crippen LogP contribution in [-0.2, 0) is 4.79 Å². The second-order valence-corrected chi connectivity index (χ2v) is 11.1. The average Bonchev–Trinajstić information content (AvgIpc) is 3.02. The smallest absolute Gasteiger partial charge is 0.276 e. The van der Waals surface area contributed by atoms with E-state index in [0.29, 0.717) is 11.3 Å². The molecule has 0 unspecified atom stereocenters. The summed E-state index contributed by atoms with van der Waals surface area (Å²) in [5, 5.41) is 20.4. The molecular weight excluding hydrogens is 616 g/mol. The number of rotatable bonds is 5. The summed E-state index contributed by atoms with van der Waals surface area (Å²) in [5.74, 6) is -10.6. The Kier molecular flexibility index (Phi) is 8.29. The van der Waals surface area contributed by atoms with Crippen molar-refractivity contribution in [3.63, 3.8) is 0 Å². The number of carbonyl (C=O) groups excluding carboxylic acids is 1. The third-order valence-electron chi connectivity index (χ3n) is 7.67. The number of hydrogen-bond acceptors (Lipinski definition) is 7. The van der Waals surface area contributed by atoms with Gasteiger partial charge in [-0.15, -0.1) is 0 Å². The van der Waals surface area contributed by atoms with E-state index in [1.807, 2.05) is 19.9 Å². The highest BCUT2D eigenvalue weighted by Gasteiger charge is 2.32. The highest BCUT2D eigenvalue weighted by atomic mass is 35.5. The van der Waals surface area contributed by atoms with Crippen LogP contribution in [0.1, 0.15) is 36.6 Å². The van der Waals surface area contributed by atoms with E-state index in [1.165, 1.54) is 18.3 Å². The number of benzene rings is 1. The van der Waals surface area contributed by atoms with E-state index in [1.54, 1.807) is 22.8 Å². The van der Waals surface area contributed by atoms with Crippen molar-refractivity contribution in [2.45, 2.75) is 26.7 Å². The van der Waals surface area contributed by atoms with Gasteiger partial charge in [0.05, 0.1) is 33.3 Å². The van der Waals surface area contributed by atoms with E-state index >= 15 is 4.39 Å². The Morgan fingerprint density at radius 1 is 1.11 bits per heavy atom. The molecule has 0 radical (unpaired) electrons. The Bertz CT molecular complexity index is 1990. The Morgan fingerprint density at radius 2 is 1.76 bits per heavy atom. The van der Waals surface area contributed by atoms with Crippen LogP contribution in [0.15, 0.2) is 35.8 Å². The number of aryl methyl sites for hydroxylation is 1. The summed E-state index contributed by atoms with van der Waals surface area (Å²) in [4.78, 5) is 38.5. The van der Waals surface area contributed by atoms with Crippen LogP contribution in [0.5, 0.6) is 5.75 Å². The molecule has 4 aromatic rings. The molecule has 1 N–H and O–H groups in total. The van der Waals surface area contributed by atoms with Crippen LogP contribution < -0.4 is 10.5 Å². The van der Waals surface area contributed by atoms with E-state index in [9.17, 15) is 33.1 Å². The fourth-order valence-corrected chi connectivity index (χ4v) is 5.73. The maximum atomic E-state index is 15.1. The van der Waals surface area contributed by atoms with E-state index in [-0.39, 0.29) is 66.0 Å². The number of carbonyl (C=O) groups is 1. The second-order valence-electron chi connectivity index (χ2n) is 10.7. The van der Waals surface area contributed by atoms with Crippen LogP contribution in [0.4, 0.5) is 23.2 Å². The van der Waals surface area contributed by atoms with Gasteiger partial charge in [-0.1, -0.05) is 32.0 Å². The molecule has 0 atom stereocenters. The summed E-state index contributed by atoms with van der Waals surface area (Å²) in [6.07, 6.45) is 2.72. The van der Waals surface area contributed by atoms with Crippen LogP contribution >= 0.6 is 11.6 Å². The summed E-state index contributed by atoms with van der Waals surface area (Å²) in [5.41, 5.74) is -1.80. The number of fused-ring (bicyclic) bond motifs is 1. The molecule has 1 aliphatic rings. The van der Waals surface area contributed by atoms with E-state index in [0.717, 1.165) is 4.57 Å². The number of nitriles is 1. The van der Waals surface area contributed by atoms with E-state index in [4.69, 9.17) is 11.6 Å². The first-order chi connectivity index (χ1) is 21.3. The molecule has 5 rings (SSSR count). The van der Waals surface area contributed by atoms with Crippen LogP contribution in [0, 0.1) is 41.5 Å². The molecule has 1 amide bonds. The molecule has 4 heterocycles. The molecule has 0 saturated carbocycles. The number of halogens is 5. The largest absolute Gasteiger partial charge is 0.504 e. The maximum Gasteiger partial charge on any atom is 0.276 e. The number of pyridine rings is 3. The van der Waals surface area contributed by atoms with Crippen molar-refractivity contribution in [3.05, 3.63) is 86.5 Å². The lowest BCUT2D eigenvalue weighted by Gasteiger charge is -2.36. The number of aromatic nitrogens is 3. The van der Waals surface area contributed by atoms with Gasteiger partial charge in [-0.05, 0) is 36.6 Å². The normalized spacial score (nSPS) is 13.4. The van der Waals surface area contributed by atoms with Crippen LogP contribution in [0.2, 0.25) is 5.02 Å². The van der Waals surface area contributed by atoms with Gasteiger partial charge < -0.3 is 14.9 Å². The first-order valence-electron chi connectivity index (χ1n) is 13.7. The van der Waals surface area contributed by atoms with Crippen molar-refractivity contribution in [2.24, 2.45) is 0 Å². The predicted octanol–water partition coefficient (Wildman–Crippen LogP) is 5.50. The Balaban J connectivity index is 1.93. The first kappa shape index (κ1) is 31.5. The number of piperazine rings is 1. The first-order valence-corrected chi connectivity index (χ1v) is 14.1. The van der Waals surface area contributed by atoms with Gasteiger partial charge in [0.15, 0.2) is 17.4 Å². The molecule has 0 bridgehead atoms. The minimum Gasteiger partial charge on any atom is -0.504 e. The summed E-state index contributed by atoms with van der Waals surface area (Å²) in [6, 6.07) is 4.83. The lowest BCUT2D eigenvalue weighted by atomic mass is 10.0. The van der Waals surface area contributed by atoms with Crippen molar-refractivity contribution in [1.82, 2.24) is 19.4 Å². The van der Waals surface area contributed by atoms with Crippen LogP contribution in [-0.4, -0.2) is 56.6 Å². The molecule has 0 spiro atoms. The minimum atomic E-state index is -2.23. The van der Waals surface area contributed by atoms with Crippen molar-refractivity contribution < 1.29 is 27.5 Å². The second kappa shape index (κ2) is 11.9. The van der Waals surface area contributed by atoms with Crippen LogP contribution in [0.3, 0.4) is 0 Å². The molecule has 9 nitrogen and oxygen atoms in total. The van der Waals surface area contributed by atoms with Crippen LogP contribution in [0.25, 0.3) is 28.0 Å². The zero-order valence-corrected chi connectivity index (χ0v) is 25.0. The van der Waals surface area contributed by atoms with Crippen molar-refractivity contribution in [3.8, 4) is 28.8 Å². The number of anilines is 1. The Labute approximate surface area is 259 Å². The summed E-state index contributed by atoms with van der Waals surface area (Å²) in [6.45, 7) is 9.70.